The summed E-state index contributed by atoms with van der Waals surface area (Å²) >= 11 is 0. The molecule has 6 heavy (non-hydrogen) atoms. The zero-order valence-corrected chi connectivity index (χ0v) is 3.51. The summed E-state index contributed by atoms with van der Waals surface area (Å²) in [7, 11) is 0. The van der Waals surface area contributed by atoms with Crippen LogP contribution in [0, 0.1) is 0 Å². The highest BCUT2D eigenvalue weighted by Crippen LogP contribution is 1.70. The molecule has 0 aromatic heterocycles. The Kier molecular flexibility index (Phi) is 1.60. The van der Waals surface area contributed by atoms with Gasteiger partial charge in [-0.2, -0.15) is 0 Å². The molecule has 0 rings (SSSR count). The standard InChI is InChI=1S/C3H7NO2/c1-2(5)3(4)6/h2,5H,1H3,(H2,4,6)/i3+1. The van der Waals surface area contributed by atoms with Crippen LogP contribution in [-0.4, -0.2) is 17.1 Å². The SMILES string of the molecule is CC(O)[13C](N)=O. The van der Waals surface area contributed by atoms with Crippen molar-refractivity contribution in [3.8, 4) is 0 Å². The largest absolute Gasteiger partial charge is 0.384 e. The third-order valence-corrected chi connectivity index (χ3v) is 0.412. The fourth-order valence-electron chi connectivity index (χ4n) is 0. The quantitative estimate of drug-likeness (QED) is 0.399. The summed E-state index contributed by atoms with van der Waals surface area (Å²) in [6.45, 7) is 1.32. The van der Waals surface area contributed by atoms with Crippen LogP contribution in [-0.2, 0) is 4.79 Å². The van der Waals surface area contributed by atoms with Gasteiger partial charge in [-0.15, -0.1) is 0 Å². The van der Waals surface area contributed by atoms with Crippen LogP contribution in [0.1, 0.15) is 6.92 Å². The van der Waals surface area contributed by atoms with Gasteiger partial charge in [-0.25, -0.2) is 0 Å². The number of carbonyl (C=O) groups is 1. The average Bonchev–Trinajstić information content (AvgIpc) is 1.36. The van der Waals surface area contributed by atoms with Crippen LogP contribution >= 0.6 is 0 Å². The van der Waals surface area contributed by atoms with E-state index in [-0.39, 0.29) is 0 Å². The van der Waals surface area contributed by atoms with Gasteiger partial charge in [0.2, 0.25) is 5.91 Å². The monoisotopic (exact) mass is 90.1 g/mol. The number of carbonyl (C=O) groups excluding carboxylic acids is 1. The third kappa shape index (κ3) is 1.72. The van der Waals surface area contributed by atoms with Gasteiger partial charge in [-0.3, -0.25) is 4.79 Å². The van der Waals surface area contributed by atoms with Gasteiger partial charge in [0.05, 0.1) is 0 Å². The molecule has 0 aromatic rings. The normalized spacial score (nSPS) is 13.7. The second kappa shape index (κ2) is 1.77. The number of aliphatic hydroxyl groups excluding tert-OH is 1. The van der Waals surface area contributed by atoms with Crippen LogP contribution in [0.2, 0.25) is 0 Å². The zero-order valence-electron chi connectivity index (χ0n) is 3.51. The lowest BCUT2D eigenvalue weighted by Crippen LogP contribution is -2.24. The molecule has 0 spiro atoms. The lowest BCUT2D eigenvalue weighted by molar-refractivity contribution is -0.125. The van der Waals surface area contributed by atoms with Crippen LogP contribution in [0.4, 0.5) is 0 Å². The molecule has 0 fully saturated rings. The average molecular weight is 90.1 g/mol. The van der Waals surface area contributed by atoms with Crippen molar-refractivity contribution in [3.63, 3.8) is 0 Å². The van der Waals surface area contributed by atoms with E-state index in [1.54, 1.807) is 0 Å². The Labute approximate surface area is 35.8 Å². The summed E-state index contributed by atoms with van der Waals surface area (Å²) in [5.74, 6) is -0.685. The van der Waals surface area contributed by atoms with Crippen LogP contribution in [0.15, 0.2) is 0 Å². The fourth-order valence-corrected chi connectivity index (χ4v) is 0. The van der Waals surface area contributed by atoms with E-state index in [0.29, 0.717) is 0 Å². The van der Waals surface area contributed by atoms with Gasteiger partial charge in [0, 0.05) is 0 Å². The van der Waals surface area contributed by atoms with E-state index in [4.69, 9.17) is 5.11 Å². The molecule has 0 radical (unpaired) electrons. The molecule has 3 N–H and O–H groups in total. The minimum Gasteiger partial charge on any atom is -0.384 e. The molecular weight excluding hydrogens is 83.0 g/mol. The molecule has 1 amide bonds. The first kappa shape index (κ1) is 5.43. The second-order valence-electron chi connectivity index (χ2n) is 1.08. The maximum atomic E-state index is 9.67. The predicted molar refractivity (Wildman–Crippen MR) is 20.9 cm³/mol. The van der Waals surface area contributed by atoms with Gasteiger partial charge in [-0.1, -0.05) is 0 Å². The van der Waals surface area contributed by atoms with Crippen molar-refractivity contribution in [2.75, 3.05) is 0 Å². The molecular formula is C3H7NO2. The summed E-state index contributed by atoms with van der Waals surface area (Å²) in [6.07, 6.45) is -1.01. The van der Waals surface area contributed by atoms with Crippen LogP contribution in [0.25, 0.3) is 0 Å². The van der Waals surface area contributed by atoms with E-state index in [2.05, 4.69) is 5.73 Å². The first-order chi connectivity index (χ1) is 2.64. The van der Waals surface area contributed by atoms with Gasteiger partial charge in [0.1, 0.15) is 6.10 Å². The molecule has 1 unspecified atom stereocenters. The maximum Gasteiger partial charge on any atom is 0.245 e. The van der Waals surface area contributed by atoms with Gasteiger partial charge < -0.3 is 10.8 Å². The molecule has 3 heteroatoms. The highest BCUT2D eigenvalue weighted by molar-refractivity contribution is 5.77. The Morgan fingerprint density at radius 1 is 2.00 bits per heavy atom. The Hall–Kier alpha value is -0.570. The summed E-state index contributed by atoms with van der Waals surface area (Å²) in [4.78, 5) is 9.67. The molecule has 0 saturated heterocycles. The van der Waals surface area contributed by atoms with Gasteiger partial charge in [0.25, 0.3) is 0 Å². The molecule has 0 bridgehead atoms. The van der Waals surface area contributed by atoms with E-state index in [1.165, 1.54) is 6.92 Å². The molecule has 36 valence electrons. The zero-order chi connectivity index (χ0) is 5.15. The predicted octanol–water partition coefficient (Wildman–Crippen LogP) is -1.15. The van der Waals surface area contributed by atoms with Gasteiger partial charge >= 0.3 is 0 Å². The molecule has 0 heterocycles. The highest BCUT2D eigenvalue weighted by atomic mass is 16.3. The summed E-state index contributed by atoms with van der Waals surface area (Å²) in [6, 6.07) is 0. The minimum absolute atomic E-state index is 0.685. The van der Waals surface area contributed by atoms with E-state index in [1.807, 2.05) is 0 Å². The minimum atomic E-state index is -1.01. The van der Waals surface area contributed by atoms with E-state index in [0.717, 1.165) is 0 Å². The van der Waals surface area contributed by atoms with E-state index in [9.17, 15) is 4.79 Å². The second-order valence-corrected chi connectivity index (χ2v) is 1.08. The maximum absolute atomic E-state index is 9.67. The number of rotatable bonds is 1. The molecule has 0 aliphatic rings. The smallest absolute Gasteiger partial charge is 0.245 e. The fraction of sp³-hybridized carbons (Fsp3) is 0.667. The molecule has 0 aromatic carbocycles. The first-order valence-corrected chi connectivity index (χ1v) is 1.62. The first-order valence-electron chi connectivity index (χ1n) is 1.62. The van der Waals surface area contributed by atoms with E-state index < -0.39 is 12.0 Å². The number of hydrogen-bond acceptors (Lipinski definition) is 2. The van der Waals surface area contributed by atoms with Crippen molar-refractivity contribution in [3.05, 3.63) is 0 Å². The van der Waals surface area contributed by atoms with Crippen LogP contribution < -0.4 is 5.73 Å². The van der Waals surface area contributed by atoms with Gasteiger partial charge in [-0.05, 0) is 6.92 Å². The topological polar surface area (TPSA) is 63.3 Å². The van der Waals surface area contributed by atoms with Crippen molar-refractivity contribution in [1.82, 2.24) is 0 Å². The van der Waals surface area contributed by atoms with Gasteiger partial charge in [0.15, 0.2) is 0 Å². The van der Waals surface area contributed by atoms with Crippen molar-refractivity contribution in [1.29, 1.82) is 0 Å². The van der Waals surface area contributed by atoms with Crippen molar-refractivity contribution in [2.24, 2.45) is 5.73 Å². The summed E-state index contributed by atoms with van der Waals surface area (Å²) in [5, 5.41) is 8.16. The van der Waals surface area contributed by atoms with Crippen LogP contribution in [0.5, 0.6) is 0 Å². The van der Waals surface area contributed by atoms with Crippen molar-refractivity contribution >= 4 is 5.91 Å². The molecule has 0 aliphatic heterocycles. The molecule has 0 aliphatic carbocycles. The lowest BCUT2D eigenvalue weighted by atomic mass is 10.6. The Bertz CT molecular complexity index is 59.8. The Morgan fingerprint density at radius 3 is 2.17 bits per heavy atom. The number of nitrogens with two attached hydrogens (primary N) is 1. The highest BCUT2D eigenvalue weighted by Gasteiger charge is 1.98. The number of aliphatic hydroxyl groups is 1. The van der Waals surface area contributed by atoms with Crippen molar-refractivity contribution < 1.29 is 9.90 Å². The summed E-state index contributed by atoms with van der Waals surface area (Å²) in [5.41, 5.74) is 4.55. The van der Waals surface area contributed by atoms with E-state index >= 15 is 0 Å². The molecule has 3 nitrogen and oxygen atoms in total. The lowest BCUT2D eigenvalue weighted by Gasteiger charge is -1.90. The number of hydrogen-bond donors (Lipinski definition) is 2. The molecule has 0 saturated carbocycles. The Balaban J connectivity index is 3.26. The summed E-state index contributed by atoms with van der Waals surface area (Å²) < 4.78 is 0. The Morgan fingerprint density at radius 2 is 2.17 bits per heavy atom. The number of primary amides is 1. The van der Waals surface area contributed by atoms with Crippen LogP contribution in [0.3, 0.4) is 0 Å². The molecule has 1 atom stereocenters. The third-order valence-electron chi connectivity index (χ3n) is 0.412. The van der Waals surface area contributed by atoms with Crippen molar-refractivity contribution in [2.45, 2.75) is 13.0 Å². The number of amides is 1.